The Morgan fingerprint density at radius 1 is 0.969 bits per heavy atom. The van der Waals surface area contributed by atoms with E-state index in [2.05, 4.69) is 61.1 Å². The van der Waals surface area contributed by atoms with Crippen LogP contribution in [0, 0.1) is 13.8 Å². The van der Waals surface area contributed by atoms with Crippen LogP contribution in [0.15, 0.2) is 83.3 Å². The average molecular weight is 526 g/mol. The van der Waals surface area contributed by atoms with E-state index in [1.54, 1.807) is 11.8 Å². The summed E-state index contributed by atoms with van der Waals surface area (Å²) in [5.41, 5.74) is 12.4. The van der Waals surface area contributed by atoms with Crippen LogP contribution in [0.3, 0.4) is 0 Å². The maximum Gasteiger partial charge on any atom is 0.259 e. The fraction of sp³-hybridized carbons (Fsp3) is 0.154. The Balaban J connectivity index is 0.00000289. The molecule has 4 rings (SSSR count). The lowest BCUT2D eigenvalue weighted by Gasteiger charge is -2.03. The zero-order chi connectivity index (χ0) is 21.8. The van der Waals surface area contributed by atoms with Gasteiger partial charge in [-0.3, -0.25) is 4.79 Å². The lowest BCUT2D eigenvalue weighted by Crippen LogP contribution is -3.00. The normalized spacial score (nSPS) is 10.6. The highest BCUT2D eigenvalue weighted by Gasteiger charge is 2.28. The Morgan fingerprint density at radius 3 is 2.19 bits per heavy atom. The molecule has 0 aliphatic carbocycles. The van der Waals surface area contributed by atoms with Gasteiger partial charge in [0, 0.05) is 22.4 Å². The van der Waals surface area contributed by atoms with Crippen molar-refractivity contribution in [1.82, 2.24) is 0 Å². The highest BCUT2D eigenvalue weighted by molar-refractivity contribution is 8.01. The third-order valence-corrected chi connectivity index (χ3v) is 7.45. The molecular formula is C26H25BrN2OS2. The van der Waals surface area contributed by atoms with Crippen molar-refractivity contribution in [2.24, 2.45) is 0 Å². The zero-order valence-electron chi connectivity index (χ0n) is 18.0. The van der Waals surface area contributed by atoms with Crippen LogP contribution in [0.4, 0.5) is 5.69 Å². The summed E-state index contributed by atoms with van der Waals surface area (Å²) in [4.78, 5) is 13.8. The molecule has 0 atom stereocenters. The van der Waals surface area contributed by atoms with Crippen LogP contribution in [0.25, 0.3) is 5.69 Å². The Morgan fingerprint density at radius 2 is 1.56 bits per heavy atom. The molecule has 4 aromatic rings. The number of aromatic nitrogens is 1. The van der Waals surface area contributed by atoms with Gasteiger partial charge in [-0.05, 0) is 31.9 Å². The maximum atomic E-state index is 13.2. The number of nitrogens with zero attached hydrogens (tertiary/aromatic N) is 1. The molecule has 6 heteroatoms. The Kier molecular flexibility index (Phi) is 8.29. The number of nitrogen functional groups attached to an aromatic ring is 1. The number of hydrogen-bond acceptors (Lipinski definition) is 4. The molecular weight excluding hydrogens is 500 g/mol. The summed E-state index contributed by atoms with van der Waals surface area (Å²) < 4.78 is 3.14. The smallest absolute Gasteiger partial charge is 0.259 e. The van der Waals surface area contributed by atoms with E-state index in [-0.39, 0.29) is 22.8 Å². The number of pyridine rings is 1. The summed E-state index contributed by atoms with van der Waals surface area (Å²) in [5.74, 6) is 0.894. The highest BCUT2D eigenvalue weighted by atomic mass is 79.9. The molecule has 0 bridgehead atoms. The first-order chi connectivity index (χ1) is 15.0. The monoisotopic (exact) mass is 524 g/mol. The van der Waals surface area contributed by atoms with E-state index in [1.165, 1.54) is 16.9 Å². The number of carbonyl (C=O) groups is 1. The zero-order valence-corrected chi connectivity index (χ0v) is 21.3. The van der Waals surface area contributed by atoms with Gasteiger partial charge in [0.05, 0.1) is 0 Å². The van der Waals surface area contributed by atoms with Crippen molar-refractivity contribution in [3.05, 3.63) is 106 Å². The molecule has 164 valence electrons. The Bertz CT molecular complexity index is 1190. The van der Waals surface area contributed by atoms with Crippen LogP contribution < -0.4 is 27.3 Å². The molecule has 3 nitrogen and oxygen atoms in total. The van der Waals surface area contributed by atoms with Crippen LogP contribution >= 0.6 is 23.1 Å². The van der Waals surface area contributed by atoms with Gasteiger partial charge < -0.3 is 22.7 Å². The topological polar surface area (TPSA) is 47.0 Å². The number of rotatable bonds is 7. The summed E-state index contributed by atoms with van der Waals surface area (Å²) in [5, 5.41) is 0. The standard InChI is InChI=1S/C26H24N2OS2.BrH/c1-18-15-19(2)17-28(16-18)23-22(27)25(24(29)21-11-7-4-8-12-21)31-26(23)30-14-13-20-9-5-3-6-10-20;/h3-12,15-17H,13-14H2,1-2H3,(H-,27,29);1H. The molecule has 0 saturated carbocycles. The number of anilines is 1. The van der Waals surface area contributed by atoms with Crippen molar-refractivity contribution >= 4 is 34.6 Å². The number of nitrogens with two attached hydrogens (primary N) is 1. The van der Waals surface area contributed by atoms with Gasteiger partial charge in [-0.15, -0.1) is 23.1 Å². The van der Waals surface area contributed by atoms with Crippen molar-refractivity contribution < 1.29 is 26.3 Å². The minimum Gasteiger partial charge on any atom is -1.00 e. The molecule has 2 heterocycles. The summed E-state index contributed by atoms with van der Waals surface area (Å²) in [6.07, 6.45) is 5.11. The molecule has 0 aliphatic rings. The van der Waals surface area contributed by atoms with E-state index in [0.29, 0.717) is 16.1 Å². The number of thiophene rings is 1. The second kappa shape index (κ2) is 10.9. The number of aryl methyl sites for hydroxylation is 3. The van der Waals surface area contributed by atoms with Gasteiger partial charge in [0.15, 0.2) is 12.4 Å². The predicted octanol–water partition coefficient (Wildman–Crippen LogP) is 2.79. The van der Waals surface area contributed by atoms with Crippen molar-refractivity contribution in [2.45, 2.75) is 24.5 Å². The lowest BCUT2D eigenvalue weighted by molar-refractivity contribution is -0.597. The van der Waals surface area contributed by atoms with Gasteiger partial charge >= 0.3 is 0 Å². The fourth-order valence-corrected chi connectivity index (χ4v) is 6.12. The summed E-state index contributed by atoms with van der Waals surface area (Å²) in [7, 11) is 0. The first kappa shape index (κ1) is 24.2. The molecule has 0 spiro atoms. The van der Waals surface area contributed by atoms with Crippen molar-refractivity contribution in [3.8, 4) is 5.69 Å². The van der Waals surface area contributed by atoms with Crippen LogP contribution in [-0.4, -0.2) is 11.5 Å². The van der Waals surface area contributed by atoms with E-state index in [0.717, 1.165) is 33.2 Å². The second-order valence-corrected chi connectivity index (χ2v) is 9.94. The van der Waals surface area contributed by atoms with Gasteiger partial charge in [-0.25, -0.2) is 0 Å². The molecule has 0 radical (unpaired) electrons. The average Bonchev–Trinajstić information content (AvgIpc) is 3.10. The van der Waals surface area contributed by atoms with E-state index >= 15 is 0 Å². The molecule has 2 aromatic heterocycles. The second-order valence-electron chi connectivity index (χ2n) is 7.56. The summed E-state index contributed by atoms with van der Waals surface area (Å²) >= 11 is 3.26. The Hall–Kier alpha value is -2.41. The number of ketones is 1. The number of hydrogen-bond donors (Lipinski definition) is 1. The minimum absolute atomic E-state index is 0. The summed E-state index contributed by atoms with van der Waals surface area (Å²) in [6.45, 7) is 4.15. The molecule has 0 saturated heterocycles. The van der Waals surface area contributed by atoms with Crippen LogP contribution in [-0.2, 0) is 6.42 Å². The number of thioether (sulfide) groups is 1. The van der Waals surface area contributed by atoms with Gasteiger partial charge in [0.2, 0.25) is 5.78 Å². The van der Waals surface area contributed by atoms with Crippen molar-refractivity contribution in [2.75, 3.05) is 11.5 Å². The number of halogens is 1. The fourth-order valence-electron chi connectivity index (χ4n) is 3.59. The first-order valence-electron chi connectivity index (χ1n) is 10.2. The van der Waals surface area contributed by atoms with Gasteiger partial charge in [0.25, 0.3) is 5.69 Å². The third kappa shape index (κ3) is 5.49. The summed E-state index contributed by atoms with van der Waals surface area (Å²) in [6, 6.07) is 22.0. The van der Waals surface area contributed by atoms with Crippen molar-refractivity contribution in [3.63, 3.8) is 0 Å². The number of benzene rings is 2. The van der Waals surface area contributed by atoms with E-state index in [1.807, 2.05) is 36.4 Å². The molecule has 2 N–H and O–H groups in total. The molecule has 0 unspecified atom stereocenters. The van der Waals surface area contributed by atoms with Gasteiger partial charge in [0.1, 0.15) is 14.8 Å². The molecule has 0 aliphatic heterocycles. The van der Waals surface area contributed by atoms with E-state index in [9.17, 15) is 4.79 Å². The van der Waals surface area contributed by atoms with Crippen molar-refractivity contribution in [1.29, 1.82) is 0 Å². The molecule has 32 heavy (non-hydrogen) atoms. The predicted molar refractivity (Wildman–Crippen MR) is 130 cm³/mol. The quantitative estimate of drug-likeness (QED) is 0.229. The number of carbonyl (C=O) groups excluding carboxylic acids is 1. The van der Waals surface area contributed by atoms with Crippen LogP contribution in [0.1, 0.15) is 31.9 Å². The van der Waals surface area contributed by atoms with E-state index < -0.39 is 0 Å². The lowest BCUT2D eigenvalue weighted by atomic mass is 10.1. The Labute approximate surface area is 208 Å². The van der Waals surface area contributed by atoms with Gasteiger partial charge in [-0.2, -0.15) is 4.57 Å². The minimum atomic E-state index is -0.0239. The largest absolute Gasteiger partial charge is 1.00 e. The van der Waals surface area contributed by atoms with E-state index in [4.69, 9.17) is 5.73 Å². The maximum absolute atomic E-state index is 13.2. The molecule has 0 amide bonds. The van der Waals surface area contributed by atoms with Crippen LogP contribution in [0.5, 0.6) is 0 Å². The molecule has 0 fully saturated rings. The van der Waals surface area contributed by atoms with Crippen LogP contribution in [0.2, 0.25) is 0 Å². The molecule has 2 aromatic carbocycles. The first-order valence-corrected chi connectivity index (χ1v) is 12.0. The SMILES string of the molecule is Cc1cc(C)c[n+](-c2c(SCCc3ccccc3)sc(C(=O)c3ccccc3)c2N)c1.[Br-]. The van der Waals surface area contributed by atoms with Gasteiger partial charge in [-0.1, -0.05) is 60.7 Å². The third-order valence-electron chi connectivity index (χ3n) is 5.00. The highest BCUT2D eigenvalue weighted by Crippen LogP contribution is 2.40.